The largest absolute Gasteiger partial charge is 0.380 e. The van der Waals surface area contributed by atoms with Crippen molar-refractivity contribution >= 4 is 11.7 Å². The van der Waals surface area contributed by atoms with E-state index < -0.39 is 11.9 Å². The van der Waals surface area contributed by atoms with Gasteiger partial charge in [-0.05, 0) is 11.6 Å². The average Bonchev–Trinajstić information content (AvgIpc) is 2.53. The lowest BCUT2D eigenvalue weighted by Gasteiger charge is -2.12. The fraction of sp³-hybridized carbons (Fsp3) is 0.125. The molecule has 0 bridgehead atoms. The zero-order valence-electron chi connectivity index (χ0n) is 11.0. The molecule has 0 radical (unpaired) electrons. The number of carbonyl (C=O) groups excluding carboxylic acids is 2. The molecule has 2 N–H and O–H groups in total. The maximum absolute atomic E-state index is 12.4. The minimum atomic E-state index is -1.28. The van der Waals surface area contributed by atoms with Crippen LogP contribution >= 0.6 is 0 Å². The molecule has 0 aliphatic heterocycles. The van der Waals surface area contributed by atoms with Crippen LogP contribution in [-0.2, 0) is 0 Å². The van der Waals surface area contributed by atoms with Gasteiger partial charge in [0.1, 0.15) is 6.10 Å². The lowest BCUT2D eigenvalue weighted by atomic mass is 9.96. The molecule has 2 aromatic carbocycles. The van der Waals surface area contributed by atoms with Crippen molar-refractivity contribution in [2.24, 2.45) is 0 Å². The van der Waals surface area contributed by atoms with Crippen molar-refractivity contribution in [2.45, 2.75) is 6.10 Å². The fourth-order valence-electron chi connectivity index (χ4n) is 1.96. The number of benzene rings is 2. The van der Waals surface area contributed by atoms with Gasteiger partial charge in [0.05, 0.1) is 5.56 Å². The number of aliphatic hydroxyl groups is 1. The van der Waals surface area contributed by atoms with Crippen LogP contribution in [0.3, 0.4) is 0 Å². The van der Waals surface area contributed by atoms with Gasteiger partial charge in [0, 0.05) is 12.6 Å². The highest BCUT2D eigenvalue weighted by molar-refractivity contribution is 6.09. The van der Waals surface area contributed by atoms with E-state index in [4.69, 9.17) is 0 Å². The predicted octanol–water partition coefficient (Wildman–Crippen LogP) is 1.96. The van der Waals surface area contributed by atoms with Gasteiger partial charge in [-0.25, -0.2) is 0 Å². The Labute approximate surface area is 117 Å². The number of aliphatic hydroxyl groups excluding tert-OH is 1. The van der Waals surface area contributed by atoms with Crippen molar-refractivity contribution in [3.8, 4) is 0 Å². The minimum Gasteiger partial charge on any atom is -0.380 e. The molecule has 0 aliphatic carbocycles. The Balaban J connectivity index is 2.37. The Morgan fingerprint density at radius 1 is 0.950 bits per heavy atom. The molecule has 4 heteroatoms. The number of amides is 1. The van der Waals surface area contributed by atoms with Crippen molar-refractivity contribution in [1.29, 1.82) is 0 Å². The van der Waals surface area contributed by atoms with Gasteiger partial charge in [-0.2, -0.15) is 0 Å². The highest BCUT2D eigenvalue weighted by Crippen LogP contribution is 2.20. The van der Waals surface area contributed by atoms with Gasteiger partial charge in [-0.3, -0.25) is 9.59 Å². The second kappa shape index (κ2) is 6.12. The minimum absolute atomic E-state index is 0.211. The van der Waals surface area contributed by atoms with Crippen LogP contribution in [-0.4, -0.2) is 23.8 Å². The molecule has 0 fully saturated rings. The molecule has 0 aliphatic rings. The van der Waals surface area contributed by atoms with Crippen LogP contribution in [0.4, 0.5) is 0 Å². The van der Waals surface area contributed by atoms with E-state index in [0.717, 1.165) is 0 Å². The first-order valence-corrected chi connectivity index (χ1v) is 6.23. The summed E-state index contributed by atoms with van der Waals surface area (Å²) in [5.74, 6) is -0.843. The lowest BCUT2D eigenvalue weighted by molar-refractivity contribution is 0.0742. The van der Waals surface area contributed by atoms with Gasteiger partial charge in [0.25, 0.3) is 5.91 Å². The summed E-state index contributed by atoms with van der Waals surface area (Å²) in [6.45, 7) is 0. The van der Waals surface area contributed by atoms with Gasteiger partial charge >= 0.3 is 0 Å². The summed E-state index contributed by atoms with van der Waals surface area (Å²) in [7, 11) is 1.50. The third-order valence-corrected chi connectivity index (χ3v) is 3.03. The van der Waals surface area contributed by atoms with E-state index in [9.17, 15) is 14.7 Å². The summed E-state index contributed by atoms with van der Waals surface area (Å²) in [4.78, 5) is 24.1. The Morgan fingerprint density at radius 3 is 2.10 bits per heavy atom. The van der Waals surface area contributed by atoms with E-state index in [2.05, 4.69) is 5.32 Å². The van der Waals surface area contributed by atoms with Crippen molar-refractivity contribution in [3.05, 3.63) is 71.3 Å². The number of rotatable bonds is 4. The van der Waals surface area contributed by atoms with Crippen LogP contribution < -0.4 is 5.32 Å². The quantitative estimate of drug-likeness (QED) is 0.834. The second-order valence-electron chi connectivity index (χ2n) is 4.30. The molecule has 0 spiro atoms. The van der Waals surface area contributed by atoms with Crippen LogP contribution in [0.25, 0.3) is 0 Å². The van der Waals surface area contributed by atoms with Gasteiger partial charge in [0.15, 0.2) is 5.78 Å². The van der Waals surface area contributed by atoms with Gasteiger partial charge < -0.3 is 10.4 Å². The van der Waals surface area contributed by atoms with Gasteiger partial charge in [-0.1, -0.05) is 48.5 Å². The van der Waals surface area contributed by atoms with Gasteiger partial charge in [-0.15, -0.1) is 0 Å². The summed E-state index contributed by atoms with van der Waals surface area (Å²) in [6.07, 6.45) is -1.28. The Morgan fingerprint density at radius 2 is 1.50 bits per heavy atom. The van der Waals surface area contributed by atoms with E-state index >= 15 is 0 Å². The third-order valence-electron chi connectivity index (χ3n) is 3.03. The molecule has 2 rings (SSSR count). The van der Waals surface area contributed by atoms with Crippen LogP contribution in [0.15, 0.2) is 54.6 Å². The van der Waals surface area contributed by atoms with E-state index in [1.54, 1.807) is 54.6 Å². The van der Waals surface area contributed by atoms with E-state index in [-0.39, 0.29) is 17.0 Å². The molecular formula is C16H15NO3. The first-order valence-electron chi connectivity index (χ1n) is 6.23. The number of hydrogen-bond donors (Lipinski definition) is 2. The molecule has 2 aromatic rings. The SMILES string of the molecule is CNC(=O)c1ccccc1C(=O)C(O)c1ccccc1. The van der Waals surface area contributed by atoms with E-state index in [1.807, 2.05) is 0 Å². The van der Waals surface area contributed by atoms with Crippen molar-refractivity contribution in [2.75, 3.05) is 7.05 Å². The molecule has 102 valence electrons. The maximum atomic E-state index is 12.4. The smallest absolute Gasteiger partial charge is 0.251 e. The van der Waals surface area contributed by atoms with Gasteiger partial charge in [0.2, 0.25) is 0 Å². The lowest BCUT2D eigenvalue weighted by Crippen LogP contribution is -2.23. The first kappa shape index (κ1) is 14.0. The monoisotopic (exact) mass is 269 g/mol. The standard InChI is InChI=1S/C16H15NO3/c1-17-16(20)13-10-6-5-9-12(13)15(19)14(18)11-7-3-2-4-8-11/h2-10,14,18H,1H3,(H,17,20). The number of carbonyl (C=O) groups is 2. The number of nitrogens with one attached hydrogen (secondary N) is 1. The third kappa shape index (κ3) is 2.75. The van der Waals surface area contributed by atoms with Crippen molar-refractivity contribution < 1.29 is 14.7 Å². The zero-order chi connectivity index (χ0) is 14.5. The number of Topliss-reactive ketones (excluding diaryl/α,β-unsaturated/α-hetero) is 1. The van der Waals surface area contributed by atoms with Crippen LogP contribution in [0.5, 0.6) is 0 Å². The van der Waals surface area contributed by atoms with Crippen molar-refractivity contribution in [1.82, 2.24) is 5.32 Å². The fourth-order valence-corrected chi connectivity index (χ4v) is 1.96. The van der Waals surface area contributed by atoms with Crippen LogP contribution in [0, 0.1) is 0 Å². The number of hydrogen-bond acceptors (Lipinski definition) is 3. The van der Waals surface area contributed by atoms with E-state index in [0.29, 0.717) is 5.56 Å². The van der Waals surface area contributed by atoms with Crippen LogP contribution in [0.2, 0.25) is 0 Å². The molecule has 0 aromatic heterocycles. The highest BCUT2D eigenvalue weighted by Gasteiger charge is 2.23. The summed E-state index contributed by atoms with van der Waals surface area (Å²) < 4.78 is 0. The molecular weight excluding hydrogens is 254 g/mol. The molecule has 20 heavy (non-hydrogen) atoms. The highest BCUT2D eigenvalue weighted by atomic mass is 16.3. The molecule has 1 atom stereocenters. The molecule has 0 heterocycles. The average molecular weight is 269 g/mol. The first-order chi connectivity index (χ1) is 9.65. The molecule has 1 unspecified atom stereocenters. The topological polar surface area (TPSA) is 66.4 Å². The normalized spacial score (nSPS) is 11.7. The second-order valence-corrected chi connectivity index (χ2v) is 4.30. The molecule has 0 saturated heterocycles. The molecule has 1 amide bonds. The van der Waals surface area contributed by atoms with Crippen molar-refractivity contribution in [3.63, 3.8) is 0 Å². The predicted molar refractivity (Wildman–Crippen MR) is 75.6 cm³/mol. The summed E-state index contributed by atoms with van der Waals surface area (Å²) in [5.41, 5.74) is 0.974. The Hall–Kier alpha value is -2.46. The molecule has 4 nitrogen and oxygen atoms in total. The summed E-state index contributed by atoms with van der Waals surface area (Å²) in [5, 5.41) is 12.6. The summed E-state index contributed by atoms with van der Waals surface area (Å²) >= 11 is 0. The van der Waals surface area contributed by atoms with Crippen LogP contribution in [0.1, 0.15) is 32.4 Å². The number of ketones is 1. The Bertz CT molecular complexity index is 623. The van der Waals surface area contributed by atoms with E-state index in [1.165, 1.54) is 7.05 Å². The summed E-state index contributed by atoms with van der Waals surface area (Å²) in [6, 6.07) is 15.1. The molecule has 0 saturated carbocycles. The Kier molecular flexibility index (Phi) is 4.27. The maximum Gasteiger partial charge on any atom is 0.251 e. The zero-order valence-corrected chi connectivity index (χ0v) is 11.0.